The molecule has 0 atom stereocenters. The van der Waals surface area contributed by atoms with Crippen LogP contribution in [-0.4, -0.2) is 156 Å². The van der Waals surface area contributed by atoms with Crippen LogP contribution >= 0.6 is 24.8 Å². The number of aromatic nitrogens is 3. The van der Waals surface area contributed by atoms with Crippen molar-refractivity contribution >= 4 is 57.7 Å². The Kier molecular flexibility index (Phi) is 27.7. The topological polar surface area (TPSA) is 152 Å². The third-order valence-corrected chi connectivity index (χ3v) is 20.6. The van der Waals surface area contributed by atoms with Crippen LogP contribution in [0.15, 0.2) is 98.5 Å². The Labute approximate surface area is 595 Å². The number of ether oxygens (including phenoxy) is 5. The van der Waals surface area contributed by atoms with Crippen LogP contribution in [0.3, 0.4) is 0 Å². The van der Waals surface area contributed by atoms with Crippen LogP contribution in [0, 0.1) is 35.5 Å². The van der Waals surface area contributed by atoms with E-state index in [-0.39, 0.29) is 24.8 Å². The van der Waals surface area contributed by atoms with Gasteiger partial charge in [0.15, 0.2) is 16.7 Å². The minimum absolute atomic E-state index is 0. The number of likely N-dealkylation sites (tertiary alicyclic amines) is 2. The lowest BCUT2D eigenvalue weighted by Crippen LogP contribution is -2.33. The summed E-state index contributed by atoms with van der Waals surface area (Å²) >= 11 is 0. The molecular formula is C79H111Cl2N9O8. The number of nitrogens with one attached hydrogen (secondary N) is 1. The molecule has 0 amide bonds. The molecule has 8 aromatic rings. The predicted molar refractivity (Wildman–Crippen MR) is 396 cm³/mol. The van der Waals surface area contributed by atoms with Gasteiger partial charge in [0.2, 0.25) is 0 Å². The monoisotopic (exact) mass is 1380 g/mol. The highest BCUT2D eigenvalue weighted by molar-refractivity contribution is 5.87. The fraction of sp³-hybridized carbons (Fsp3) is 0.582. The summed E-state index contributed by atoms with van der Waals surface area (Å²) < 4.78 is 46.6. The zero-order chi connectivity index (χ0) is 66.3. The van der Waals surface area contributed by atoms with Gasteiger partial charge in [0.05, 0.1) is 67.8 Å². The van der Waals surface area contributed by atoms with E-state index >= 15 is 0 Å². The molecule has 0 spiro atoms. The number of rotatable bonds is 30. The first-order valence-electron chi connectivity index (χ1n) is 36.3. The second-order valence-electron chi connectivity index (χ2n) is 29.6. The molecule has 3 aromatic heterocycles. The van der Waals surface area contributed by atoms with Crippen LogP contribution in [0.5, 0.6) is 28.7 Å². The Bertz CT molecular complexity index is 3510. The third kappa shape index (κ3) is 21.2. The first-order valence-corrected chi connectivity index (χ1v) is 36.3. The van der Waals surface area contributed by atoms with E-state index in [0.717, 1.165) is 242 Å². The highest BCUT2D eigenvalue weighted by Crippen LogP contribution is 2.39. The summed E-state index contributed by atoms with van der Waals surface area (Å²) in [5.74, 6) is 9.20. The summed E-state index contributed by atoms with van der Waals surface area (Å²) in [6, 6.07) is 29.7. The van der Waals surface area contributed by atoms with Crippen LogP contribution in [0.25, 0.3) is 32.9 Å². The van der Waals surface area contributed by atoms with Crippen molar-refractivity contribution in [3.63, 3.8) is 0 Å². The molecule has 6 heterocycles. The van der Waals surface area contributed by atoms with Gasteiger partial charge in [-0.15, -0.1) is 24.8 Å². The number of methoxy groups -OCH3 is 2. The minimum Gasteiger partial charge on any atom is -0.497 e. The smallest absolute Gasteiger partial charge is 0.175 e. The number of hydrogen-bond acceptors (Lipinski definition) is 17. The second kappa shape index (κ2) is 36.5. The largest absolute Gasteiger partial charge is 0.497 e. The van der Waals surface area contributed by atoms with Gasteiger partial charge in [-0.05, 0) is 304 Å². The first-order chi connectivity index (χ1) is 46.9. The highest BCUT2D eigenvalue weighted by atomic mass is 35.5. The minimum atomic E-state index is 0. The van der Waals surface area contributed by atoms with Crippen LogP contribution in [0.4, 0.5) is 0 Å². The summed E-state index contributed by atoms with van der Waals surface area (Å²) in [5, 5.41) is 20.4. The average Bonchev–Trinajstić information content (AvgIpc) is 1.65. The molecule has 6 fully saturated rings. The maximum atomic E-state index is 6.17. The SMILES string of the molecule is CN(C)Cc1c(OCC2CC2)ccc2c(CCC3CCNCC3)noc12.COc1ccc(CN2CCC(CCc3noc4c(CN(C)C)c(OCC5CC5)ccc34)CC2)cc1.COc1ccc(CN2CCC(CCc3noc4c(CN(C)C)c(OCC5CC5)ccc34)CC2)cc1.Cl.Cl. The molecule has 3 saturated carbocycles. The van der Waals surface area contributed by atoms with Crippen molar-refractivity contribution in [2.75, 3.05) is 116 Å². The number of halogens is 2. The third-order valence-electron chi connectivity index (χ3n) is 20.6. The Morgan fingerprint density at radius 2 is 0.704 bits per heavy atom. The molecule has 17 nitrogen and oxygen atoms in total. The summed E-state index contributed by atoms with van der Waals surface area (Å²) in [6.07, 6.45) is 21.8. The summed E-state index contributed by atoms with van der Waals surface area (Å²) in [5.41, 5.74) is 12.1. The maximum absolute atomic E-state index is 6.17. The zero-order valence-corrected chi connectivity index (χ0v) is 61.5. The zero-order valence-electron chi connectivity index (χ0n) is 59.8. The number of piperidine rings is 3. The van der Waals surface area contributed by atoms with Gasteiger partial charge < -0.3 is 57.3 Å². The molecule has 1 N–H and O–H groups in total. The fourth-order valence-corrected chi connectivity index (χ4v) is 14.1. The van der Waals surface area contributed by atoms with Gasteiger partial charge in [-0.1, -0.05) is 39.7 Å². The van der Waals surface area contributed by atoms with Gasteiger partial charge in [0.1, 0.15) is 28.7 Å². The van der Waals surface area contributed by atoms with Crippen LogP contribution in [0.1, 0.15) is 141 Å². The van der Waals surface area contributed by atoms with Crippen LogP contribution in [-0.2, 0) is 52.0 Å². The first kappa shape index (κ1) is 74.5. The van der Waals surface area contributed by atoms with Crippen LogP contribution < -0.4 is 29.0 Å². The van der Waals surface area contributed by atoms with Crippen molar-refractivity contribution < 1.29 is 37.3 Å². The molecule has 0 bridgehead atoms. The molecule has 3 aliphatic heterocycles. The van der Waals surface area contributed by atoms with Crippen molar-refractivity contribution in [3.8, 4) is 28.7 Å². The Morgan fingerprint density at radius 1 is 0.398 bits per heavy atom. The Balaban J connectivity index is 0.000000160. The summed E-state index contributed by atoms with van der Waals surface area (Å²) in [6.45, 7) is 13.8. The lowest BCUT2D eigenvalue weighted by atomic mass is 9.91. The van der Waals surface area contributed by atoms with Gasteiger partial charge in [-0.2, -0.15) is 0 Å². The summed E-state index contributed by atoms with van der Waals surface area (Å²) in [4.78, 5) is 11.6. The van der Waals surface area contributed by atoms with E-state index in [1.54, 1.807) is 14.2 Å². The maximum Gasteiger partial charge on any atom is 0.175 e. The molecule has 3 aliphatic carbocycles. The van der Waals surface area contributed by atoms with Crippen LogP contribution in [0.2, 0.25) is 0 Å². The quantitative estimate of drug-likeness (QED) is 0.0454. The number of benzene rings is 5. The Morgan fingerprint density at radius 3 is 0.990 bits per heavy atom. The van der Waals surface area contributed by atoms with E-state index in [0.29, 0.717) is 0 Å². The van der Waals surface area contributed by atoms with E-state index in [1.807, 2.05) is 0 Å². The van der Waals surface area contributed by atoms with E-state index in [1.165, 1.54) is 107 Å². The second-order valence-corrected chi connectivity index (χ2v) is 29.6. The van der Waals surface area contributed by atoms with E-state index in [2.05, 4.69) is 173 Å². The average molecular weight is 1390 g/mol. The lowest BCUT2D eigenvalue weighted by molar-refractivity contribution is 0.172. The molecule has 5 aromatic carbocycles. The molecule has 98 heavy (non-hydrogen) atoms. The number of hydrogen-bond donors (Lipinski definition) is 1. The summed E-state index contributed by atoms with van der Waals surface area (Å²) in [7, 11) is 15.9. The number of nitrogens with zero attached hydrogens (tertiary/aromatic N) is 8. The molecule has 6 aliphatic rings. The molecule has 0 radical (unpaired) electrons. The molecule has 3 saturated heterocycles. The van der Waals surface area contributed by atoms with Crippen molar-refractivity contribution in [2.24, 2.45) is 35.5 Å². The fourth-order valence-electron chi connectivity index (χ4n) is 14.1. The van der Waals surface area contributed by atoms with Crippen molar-refractivity contribution in [1.82, 2.24) is 45.3 Å². The molecular weight excluding hydrogens is 1270 g/mol. The van der Waals surface area contributed by atoms with E-state index < -0.39 is 0 Å². The normalized spacial score (nSPS) is 17.4. The van der Waals surface area contributed by atoms with Gasteiger partial charge in [0.25, 0.3) is 0 Å². The van der Waals surface area contributed by atoms with Gasteiger partial charge in [-0.3, -0.25) is 9.80 Å². The van der Waals surface area contributed by atoms with Crippen molar-refractivity contribution in [1.29, 1.82) is 0 Å². The van der Waals surface area contributed by atoms with E-state index in [9.17, 15) is 0 Å². The standard InChI is InChI=1S/2C29H39N3O3.C21H31N3O2.2ClH/c2*1-31(2)19-26-28(34-20-23-4-5-23)13-11-25-27(30-35-29(25)26)12-8-21-14-16-32(17-15-21)18-22-6-9-24(33-3)10-7-22;1-24(2)13-18-20(25-14-16-3-4-16)8-6-17-19(23-26-21(17)18)7-5-15-9-11-22-12-10-15;;/h2*6-7,9-11,13,21,23H,4-5,8,12,14-20H2,1-3H3;6,8,15-16,22H,3-5,7,9-14H2,1-2H3;2*1H. The predicted octanol–water partition coefficient (Wildman–Crippen LogP) is 15.5. The van der Waals surface area contributed by atoms with Crippen molar-refractivity contribution in [2.45, 2.75) is 148 Å². The van der Waals surface area contributed by atoms with Gasteiger partial charge >= 0.3 is 0 Å². The lowest BCUT2D eigenvalue weighted by Gasteiger charge is -2.32. The molecule has 19 heteroatoms. The Hall–Kier alpha value is -6.15. The molecule has 534 valence electrons. The van der Waals surface area contributed by atoms with Gasteiger partial charge in [-0.25, -0.2) is 0 Å². The van der Waals surface area contributed by atoms with Gasteiger partial charge in [0, 0.05) is 48.9 Å². The number of fused-ring (bicyclic) bond motifs is 3. The molecule has 14 rings (SSSR count). The van der Waals surface area contributed by atoms with Crippen molar-refractivity contribution in [3.05, 3.63) is 130 Å². The number of aryl methyl sites for hydroxylation is 3. The highest BCUT2D eigenvalue weighted by Gasteiger charge is 2.29. The van der Waals surface area contributed by atoms with E-state index in [4.69, 9.17) is 37.3 Å². The molecule has 0 unspecified atom stereocenters.